The van der Waals surface area contributed by atoms with Gasteiger partial charge in [-0.2, -0.15) is 0 Å². The molecule has 0 aliphatic heterocycles. The first kappa shape index (κ1) is 19.2. The highest BCUT2D eigenvalue weighted by molar-refractivity contribution is 8.00. The zero-order chi connectivity index (χ0) is 18.2. The molecule has 2 heterocycles. The Kier molecular flexibility index (Phi) is 7.20. The van der Waals surface area contributed by atoms with Gasteiger partial charge in [-0.1, -0.05) is 24.8 Å². The van der Waals surface area contributed by atoms with Crippen molar-refractivity contribution in [1.82, 2.24) is 15.3 Å². The SMILES string of the molecule is CCOC(=O)c1cnc(S[C@H](CC)C(=O)NCc2cccs2)nc1N. The maximum atomic E-state index is 12.3. The van der Waals surface area contributed by atoms with Crippen LogP contribution in [0, 0.1) is 0 Å². The molecular weight excluding hydrogens is 360 g/mol. The van der Waals surface area contributed by atoms with Crippen LogP contribution in [0.5, 0.6) is 0 Å². The minimum atomic E-state index is -0.558. The van der Waals surface area contributed by atoms with Gasteiger partial charge in [-0.05, 0) is 24.8 Å². The van der Waals surface area contributed by atoms with Gasteiger partial charge in [0.2, 0.25) is 5.91 Å². The summed E-state index contributed by atoms with van der Waals surface area (Å²) in [5.41, 5.74) is 5.93. The standard InChI is InChI=1S/C16H20N4O3S2/c1-3-12(14(21)18-8-10-6-5-7-24-10)25-16-19-9-11(13(17)20-16)15(22)23-4-2/h5-7,9,12H,3-4,8H2,1-2H3,(H,18,21)(H2,17,19,20)/t12-/m1/s1. The first-order valence-electron chi connectivity index (χ1n) is 7.81. The largest absolute Gasteiger partial charge is 0.462 e. The fourth-order valence-electron chi connectivity index (χ4n) is 1.95. The van der Waals surface area contributed by atoms with Crippen LogP contribution < -0.4 is 11.1 Å². The Labute approximate surface area is 154 Å². The summed E-state index contributed by atoms with van der Waals surface area (Å²) in [7, 11) is 0. The van der Waals surface area contributed by atoms with Crippen molar-refractivity contribution >= 4 is 40.8 Å². The minimum Gasteiger partial charge on any atom is -0.462 e. The van der Waals surface area contributed by atoms with E-state index < -0.39 is 5.97 Å². The quantitative estimate of drug-likeness (QED) is 0.411. The Bertz CT molecular complexity index is 722. The summed E-state index contributed by atoms with van der Waals surface area (Å²) in [6.45, 7) is 4.37. The molecule has 0 aliphatic rings. The van der Waals surface area contributed by atoms with Crippen LogP contribution in [0.2, 0.25) is 0 Å². The van der Waals surface area contributed by atoms with Crippen molar-refractivity contribution in [2.75, 3.05) is 12.3 Å². The molecule has 0 fully saturated rings. The van der Waals surface area contributed by atoms with Crippen LogP contribution in [0.4, 0.5) is 5.82 Å². The first-order chi connectivity index (χ1) is 12.0. The monoisotopic (exact) mass is 380 g/mol. The molecular formula is C16H20N4O3S2. The first-order valence-corrected chi connectivity index (χ1v) is 9.57. The van der Waals surface area contributed by atoms with Crippen molar-refractivity contribution in [3.63, 3.8) is 0 Å². The van der Waals surface area contributed by atoms with E-state index in [9.17, 15) is 9.59 Å². The average Bonchev–Trinajstić information content (AvgIpc) is 3.11. The molecule has 1 atom stereocenters. The lowest BCUT2D eigenvalue weighted by atomic mass is 10.3. The molecule has 0 saturated carbocycles. The number of carbonyl (C=O) groups is 2. The Morgan fingerprint density at radius 3 is 2.84 bits per heavy atom. The number of nitrogens with zero attached hydrogens (tertiary/aromatic N) is 2. The second-order valence-electron chi connectivity index (χ2n) is 4.98. The van der Waals surface area contributed by atoms with E-state index >= 15 is 0 Å². The zero-order valence-corrected chi connectivity index (χ0v) is 15.7. The summed E-state index contributed by atoms with van der Waals surface area (Å²) in [5, 5.41) is 4.89. The predicted molar refractivity (Wildman–Crippen MR) is 98.5 cm³/mol. The molecule has 2 rings (SSSR count). The molecule has 0 aromatic carbocycles. The molecule has 0 bridgehead atoms. The summed E-state index contributed by atoms with van der Waals surface area (Å²) in [5.74, 6) is -0.598. The molecule has 0 spiro atoms. The fourth-order valence-corrected chi connectivity index (χ4v) is 3.47. The van der Waals surface area contributed by atoms with Crippen LogP contribution >= 0.6 is 23.1 Å². The number of nitrogens with two attached hydrogens (primary N) is 1. The van der Waals surface area contributed by atoms with Crippen molar-refractivity contribution in [2.45, 2.75) is 37.2 Å². The van der Waals surface area contributed by atoms with E-state index in [1.807, 2.05) is 24.4 Å². The van der Waals surface area contributed by atoms with E-state index in [2.05, 4.69) is 15.3 Å². The molecule has 3 N–H and O–H groups in total. The van der Waals surface area contributed by atoms with E-state index in [4.69, 9.17) is 10.5 Å². The maximum absolute atomic E-state index is 12.3. The van der Waals surface area contributed by atoms with Crippen molar-refractivity contribution in [1.29, 1.82) is 0 Å². The number of amides is 1. The number of esters is 1. The summed E-state index contributed by atoms with van der Waals surface area (Å²) < 4.78 is 4.89. The minimum absolute atomic E-state index is 0.0461. The van der Waals surface area contributed by atoms with Crippen LogP contribution in [0.25, 0.3) is 0 Å². The predicted octanol–water partition coefficient (Wildman–Crippen LogP) is 2.48. The molecule has 9 heteroatoms. The van der Waals surface area contributed by atoms with Gasteiger partial charge in [0.1, 0.15) is 11.4 Å². The molecule has 2 aromatic heterocycles. The second kappa shape index (κ2) is 9.38. The summed E-state index contributed by atoms with van der Waals surface area (Å²) in [6, 6.07) is 3.91. The van der Waals surface area contributed by atoms with Gasteiger partial charge in [0.05, 0.1) is 18.4 Å². The van der Waals surface area contributed by atoms with Crippen molar-refractivity contribution < 1.29 is 14.3 Å². The smallest absolute Gasteiger partial charge is 0.343 e. The molecule has 25 heavy (non-hydrogen) atoms. The van der Waals surface area contributed by atoms with Crippen LogP contribution in [-0.4, -0.2) is 33.7 Å². The Morgan fingerprint density at radius 1 is 1.44 bits per heavy atom. The van der Waals surface area contributed by atoms with E-state index in [1.54, 1.807) is 18.3 Å². The topological polar surface area (TPSA) is 107 Å². The van der Waals surface area contributed by atoms with Crippen molar-refractivity contribution in [3.05, 3.63) is 34.2 Å². The van der Waals surface area contributed by atoms with Crippen molar-refractivity contribution in [2.24, 2.45) is 0 Å². The van der Waals surface area contributed by atoms with Gasteiger partial charge < -0.3 is 15.8 Å². The van der Waals surface area contributed by atoms with Crippen molar-refractivity contribution in [3.8, 4) is 0 Å². The van der Waals surface area contributed by atoms with Gasteiger partial charge in [-0.25, -0.2) is 14.8 Å². The Balaban J connectivity index is 1.99. The molecule has 134 valence electrons. The number of nitrogens with one attached hydrogen (secondary N) is 1. The lowest BCUT2D eigenvalue weighted by Crippen LogP contribution is -2.31. The fraction of sp³-hybridized carbons (Fsp3) is 0.375. The van der Waals surface area contributed by atoms with E-state index in [0.717, 1.165) is 4.88 Å². The molecule has 1 amide bonds. The number of hydrogen-bond donors (Lipinski definition) is 2. The molecule has 0 unspecified atom stereocenters. The number of anilines is 1. The number of hydrogen-bond acceptors (Lipinski definition) is 8. The summed E-state index contributed by atoms with van der Waals surface area (Å²) >= 11 is 2.81. The highest BCUT2D eigenvalue weighted by atomic mass is 32.2. The maximum Gasteiger partial charge on any atom is 0.343 e. The highest BCUT2D eigenvalue weighted by Crippen LogP contribution is 2.24. The number of aromatic nitrogens is 2. The molecule has 0 radical (unpaired) electrons. The number of rotatable bonds is 8. The number of nitrogen functional groups attached to an aromatic ring is 1. The number of ether oxygens (including phenoxy) is 1. The van der Waals surface area contributed by atoms with E-state index in [0.29, 0.717) is 18.1 Å². The van der Waals surface area contributed by atoms with Crippen LogP contribution in [0.1, 0.15) is 35.5 Å². The summed E-state index contributed by atoms with van der Waals surface area (Å²) in [6.07, 6.45) is 1.95. The second-order valence-corrected chi connectivity index (χ2v) is 7.19. The van der Waals surface area contributed by atoms with Gasteiger partial charge in [0.15, 0.2) is 5.16 Å². The molecule has 0 saturated heterocycles. The molecule has 0 aliphatic carbocycles. The lowest BCUT2D eigenvalue weighted by Gasteiger charge is -2.14. The van der Waals surface area contributed by atoms with Gasteiger partial charge in [-0.3, -0.25) is 4.79 Å². The third-order valence-electron chi connectivity index (χ3n) is 3.22. The van der Waals surface area contributed by atoms with Gasteiger partial charge in [-0.15, -0.1) is 11.3 Å². The number of thioether (sulfide) groups is 1. The average molecular weight is 380 g/mol. The summed E-state index contributed by atoms with van der Waals surface area (Å²) in [4.78, 5) is 33.4. The normalized spacial score (nSPS) is 11.8. The van der Waals surface area contributed by atoms with E-state index in [-0.39, 0.29) is 29.1 Å². The van der Waals surface area contributed by atoms with Gasteiger partial charge in [0.25, 0.3) is 0 Å². The van der Waals surface area contributed by atoms with Crippen LogP contribution in [0.3, 0.4) is 0 Å². The molecule has 7 nitrogen and oxygen atoms in total. The highest BCUT2D eigenvalue weighted by Gasteiger charge is 2.21. The van der Waals surface area contributed by atoms with Gasteiger partial charge >= 0.3 is 5.97 Å². The van der Waals surface area contributed by atoms with Crippen LogP contribution in [0.15, 0.2) is 28.9 Å². The third-order valence-corrected chi connectivity index (χ3v) is 5.34. The molecule has 2 aromatic rings. The zero-order valence-electron chi connectivity index (χ0n) is 14.0. The number of carbonyl (C=O) groups excluding carboxylic acids is 2. The lowest BCUT2D eigenvalue weighted by molar-refractivity contribution is -0.120. The Morgan fingerprint density at radius 2 is 2.24 bits per heavy atom. The Hall–Kier alpha value is -2.13. The number of thiophene rings is 1. The third kappa shape index (κ3) is 5.43. The van der Waals surface area contributed by atoms with Gasteiger partial charge in [0, 0.05) is 11.1 Å². The van der Waals surface area contributed by atoms with E-state index in [1.165, 1.54) is 18.0 Å². The van der Waals surface area contributed by atoms with Crippen LogP contribution in [-0.2, 0) is 16.1 Å².